The molecule has 194 valence electrons. The van der Waals surface area contributed by atoms with E-state index in [1.54, 1.807) is 44.2 Å². The van der Waals surface area contributed by atoms with Gasteiger partial charge in [0.25, 0.3) is 11.8 Å². The average Bonchev–Trinajstić information content (AvgIpc) is 3.27. The average molecular weight is 542 g/mol. The molecule has 0 bridgehead atoms. The van der Waals surface area contributed by atoms with Crippen molar-refractivity contribution in [1.29, 1.82) is 0 Å². The number of aromatic nitrogens is 1. The third-order valence-corrected chi connectivity index (χ3v) is 7.03. The second-order valence-electron chi connectivity index (χ2n) is 7.70. The maximum atomic E-state index is 12.8. The van der Waals surface area contributed by atoms with Crippen LogP contribution in [0.15, 0.2) is 60.7 Å². The lowest BCUT2D eigenvalue weighted by Crippen LogP contribution is -2.44. The van der Waals surface area contributed by atoms with Gasteiger partial charge in [0, 0.05) is 17.1 Å². The Labute approximate surface area is 223 Å². The normalized spacial score (nSPS) is 11.3. The van der Waals surface area contributed by atoms with Gasteiger partial charge in [0.05, 0.1) is 12.3 Å². The molecule has 9 nitrogen and oxygen atoms in total. The molecule has 2 amide bonds. The Morgan fingerprint density at radius 2 is 1.68 bits per heavy atom. The molecule has 1 heterocycles. The molecule has 1 unspecified atom stereocenters. The van der Waals surface area contributed by atoms with Crippen LogP contribution in [-0.2, 0) is 24.8 Å². The zero-order valence-electron chi connectivity index (χ0n) is 20.4. The Kier molecular flexibility index (Phi) is 10.7. The Hall–Kier alpha value is -3.70. The second kappa shape index (κ2) is 14.1. The van der Waals surface area contributed by atoms with E-state index in [1.807, 2.05) is 30.3 Å². The van der Waals surface area contributed by atoms with Crippen LogP contribution in [0.1, 0.15) is 38.2 Å². The highest BCUT2D eigenvalue weighted by atomic mass is 32.2. The molecule has 0 spiro atoms. The molecule has 37 heavy (non-hydrogen) atoms. The second-order valence-corrected chi connectivity index (χ2v) is 9.73. The SMILES string of the molecule is CCOC(=O)c1sc(NC(=O)COC(=O)C(CSCc2ccccc2)NC(=O)c2ccccc2)nc1C. The molecule has 3 rings (SSSR count). The molecule has 2 aromatic carbocycles. The monoisotopic (exact) mass is 541 g/mol. The summed E-state index contributed by atoms with van der Waals surface area (Å²) in [5.41, 5.74) is 1.91. The molecule has 1 atom stereocenters. The van der Waals surface area contributed by atoms with Gasteiger partial charge in [-0.3, -0.25) is 14.9 Å². The molecular formula is C26H27N3O6S2. The van der Waals surface area contributed by atoms with Crippen molar-refractivity contribution in [2.75, 3.05) is 24.3 Å². The molecular weight excluding hydrogens is 514 g/mol. The van der Waals surface area contributed by atoms with Gasteiger partial charge in [-0.25, -0.2) is 14.6 Å². The fraction of sp³-hybridized carbons (Fsp3) is 0.269. The minimum absolute atomic E-state index is 0.189. The Morgan fingerprint density at radius 1 is 1.00 bits per heavy atom. The number of carbonyl (C=O) groups is 4. The molecule has 0 aliphatic rings. The molecule has 0 aliphatic heterocycles. The molecule has 2 N–H and O–H groups in total. The number of nitrogens with one attached hydrogen (secondary N) is 2. The first-order valence-electron chi connectivity index (χ1n) is 11.5. The number of hydrogen-bond acceptors (Lipinski definition) is 9. The first-order chi connectivity index (χ1) is 17.9. The quantitative estimate of drug-likeness (QED) is 0.332. The van der Waals surface area contributed by atoms with Gasteiger partial charge in [-0.15, -0.1) is 0 Å². The largest absolute Gasteiger partial charge is 0.462 e. The number of carbonyl (C=O) groups excluding carboxylic acids is 4. The molecule has 11 heteroatoms. The van der Waals surface area contributed by atoms with E-state index < -0.39 is 36.4 Å². The van der Waals surface area contributed by atoms with Crippen molar-refractivity contribution in [3.05, 3.63) is 82.4 Å². The van der Waals surface area contributed by atoms with Crippen LogP contribution in [0.3, 0.4) is 0 Å². The number of nitrogens with zero attached hydrogens (tertiary/aromatic N) is 1. The van der Waals surface area contributed by atoms with Crippen LogP contribution in [0.5, 0.6) is 0 Å². The van der Waals surface area contributed by atoms with Crippen molar-refractivity contribution >= 4 is 52.0 Å². The van der Waals surface area contributed by atoms with E-state index in [-0.39, 0.29) is 22.4 Å². The summed E-state index contributed by atoms with van der Waals surface area (Å²) < 4.78 is 10.2. The molecule has 0 saturated carbocycles. The van der Waals surface area contributed by atoms with Gasteiger partial charge in [0.1, 0.15) is 10.9 Å². The van der Waals surface area contributed by atoms with Crippen LogP contribution in [0.25, 0.3) is 0 Å². The zero-order valence-corrected chi connectivity index (χ0v) is 22.0. The fourth-order valence-electron chi connectivity index (χ4n) is 3.10. The zero-order chi connectivity index (χ0) is 26.6. The third-order valence-electron chi connectivity index (χ3n) is 4.87. The van der Waals surface area contributed by atoms with Gasteiger partial charge in [-0.2, -0.15) is 11.8 Å². The maximum Gasteiger partial charge on any atom is 0.350 e. The molecule has 0 fully saturated rings. The van der Waals surface area contributed by atoms with E-state index in [0.29, 0.717) is 17.0 Å². The number of ether oxygens (including phenoxy) is 2. The fourth-order valence-corrected chi connectivity index (χ4v) is 4.97. The van der Waals surface area contributed by atoms with Crippen molar-refractivity contribution in [3.63, 3.8) is 0 Å². The summed E-state index contributed by atoms with van der Waals surface area (Å²) in [7, 11) is 0. The summed E-state index contributed by atoms with van der Waals surface area (Å²) in [5, 5.41) is 5.41. The highest BCUT2D eigenvalue weighted by Gasteiger charge is 2.24. The molecule has 0 radical (unpaired) electrons. The number of thioether (sulfide) groups is 1. The lowest BCUT2D eigenvalue weighted by atomic mass is 10.2. The topological polar surface area (TPSA) is 124 Å². The van der Waals surface area contributed by atoms with Crippen molar-refractivity contribution in [1.82, 2.24) is 10.3 Å². The number of esters is 2. The van der Waals surface area contributed by atoms with Crippen LogP contribution in [-0.4, -0.2) is 53.7 Å². The van der Waals surface area contributed by atoms with Crippen LogP contribution in [0.2, 0.25) is 0 Å². The summed E-state index contributed by atoms with van der Waals surface area (Å²) in [6.07, 6.45) is 0. The highest BCUT2D eigenvalue weighted by molar-refractivity contribution is 7.98. The van der Waals surface area contributed by atoms with E-state index in [1.165, 1.54) is 11.8 Å². The lowest BCUT2D eigenvalue weighted by Gasteiger charge is -2.17. The highest BCUT2D eigenvalue weighted by Crippen LogP contribution is 2.23. The van der Waals surface area contributed by atoms with Crippen molar-refractivity contribution < 1.29 is 28.7 Å². The van der Waals surface area contributed by atoms with E-state index in [0.717, 1.165) is 16.9 Å². The van der Waals surface area contributed by atoms with E-state index in [4.69, 9.17) is 9.47 Å². The van der Waals surface area contributed by atoms with Crippen molar-refractivity contribution in [3.8, 4) is 0 Å². The first-order valence-corrected chi connectivity index (χ1v) is 13.4. The minimum atomic E-state index is -0.966. The predicted octanol–water partition coefficient (Wildman–Crippen LogP) is 3.84. The molecule has 3 aromatic rings. The first kappa shape index (κ1) is 27.9. The van der Waals surface area contributed by atoms with Crippen LogP contribution in [0.4, 0.5) is 5.13 Å². The number of aryl methyl sites for hydroxylation is 1. The number of thiazole rings is 1. The van der Waals surface area contributed by atoms with Crippen LogP contribution < -0.4 is 10.6 Å². The summed E-state index contributed by atoms with van der Waals surface area (Å²) in [4.78, 5) is 54.2. The van der Waals surface area contributed by atoms with Gasteiger partial charge in [-0.05, 0) is 31.5 Å². The number of anilines is 1. The number of benzene rings is 2. The van der Waals surface area contributed by atoms with Gasteiger partial charge in [0.2, 0.25) is 0 Å². The van der Waals surface area contributed by atoms with Crippen molar-refractivity contribution in [2.24, 2.45) is 0 Å². The number of amides is 2. The molecule has 0 saturated heterocycles. The maximum absolute atomic E-state index is 12.8. The standard InChI is InChI=1S/C26H27N3O6S2/c1-3-34-25(33)22-17(2)27-26(37-22)29-21(30)14-35-24(32)20(16-36-15-18-10-6-4-7-11-18)28-23(31)19-12-8-5-9-13-19/h4-13,20H,3,14-16H2,1-2H3,(H,28,31)(H,27,29,30). The number of rotatable bonds is 12. The summed E-state index contributed by atoms with van der Waals surface area (Å²) in [6.45, 7) is 2.97. The lowest BCUT2D eigenvalue weighted by molar-refractivity contribution is -0.148. The van der Waals surface area contributed by atoms with Crippen LogP contribution in [0, 0.1) is 6.92 Å². The summed E-state index contributed by atoms with van der Waals surface area (Å²) >= 11 is 2.43. The van der Waals surface area contributed by atoms with Crippen molar-refractivity contribution in [2.45, 2.75) is 25.6 Å². The van der Waals surface area contributed by atoms with Gasteiger partial charge >= 0.3 is 11.9 Å². The summed E-state index contributed by atoms with van der Waals surface area (Å²) in [5.74, 6) is -1.40. The molecule has 0 aliphatic carbocycles. The Bertz CT molecular complexity index is 1220. The predicted molar refractivity (Wildman–Crippen MR) is 143 cm³/mol. The van der Waals surface area contributed by atoms with Gasteiger partial charge in [-0.1, -0.05) is 59.9 Å². The minimum Gasteiger partial charge on any atom is -0.462 e. The van der Waals surface area contributed by atoms with E-state index in [9.17, 15) is 19.2 Å². The van der Waals surface area contributed by atoms with E-state index in [2.05, 4.69) is 15.6 Å². The van der Waals surface area contributed by atoms with Crippen LogP contribution >= 0.6 is 23.1 Å². The van der Waals surface area contributed by atoms with E-state index >= 15 is 0 Å². The third kappa shape index (κ3) is 8.72. The Balaban J connectivity index is 1.58. The van der Waals surface area contributed by atoms with Gasteiger partial charge in [0.15, 0.2) is 11.7 Å². The smallest absolute Gasteiger partial charge is 0.350 e. The summed E-state index contributed by atoms with van der Waals surface area (Å²) in [6, 6.07) is 17.3. The molecule has 1 aromatic heterocycles. The Morgan fingerprint density at radius 3 is 2.35 bits per heavy atom. The number of hydrogen-bond donors (Lipinski definition) is 2. The van der Waals surface area contributed by atoms with Gasteiger partial charge < -0.3 is 14.8 Å².